The zero-order valence-electron chi connectivity index (χ0n) is 14.0. The van der Waals surface area contributed by atoms with Crippen molar-refractivity contribution in [1.29, 1.82) is 0 Å². The fraction of sp³-hybridized carbons (Fsp3) is 0.600. The van der Waals surface area contributed by atoms with Gasteiger partial charge in [-0.15, -0.1) is 0 Å². The summed E-state index contributed by atoms with van der Waals surface area (Å²) in [7, 11) is 0. The first-order chi connectivity index (χ1) is 9.18. The highest BCUT2D eigenvalue weighted by Crippen LogP contribution is 2.37. The van der Waals surface area contributed by atoms with Gasteiger partial charge in [-0.1, -0.05) is 78.0 Å². The van der Waals surface area contributed by atoms with Crippen LogP contribution in [0.5, 0.6) is 0 Å². The lowest BCUT2D eigenvalue weighted by Crippen LogP contribution is -2.18. The minimum Gasteiger partial charge on any atom is -0.0802 e. The van der Waals surface area contributed by atoms with Gasteiger partial charge in [-0.2, -0.15) is 0 Å². The van der Waals surface area contributed by atoms with Crippen molar-refractivity contribution in [2.75, 3.05) is 0 Å². The highest BCUT2D eigenvalue weighted by atomic mass is 14.3. The van der Waals surface area contributed by atoms with Gasteiger partial charge in [0, 0.05) is 0 Å². The Morgan fingerprint density at radius 1 is 0.700 bits per heavy atom. The van der Waals surface area contributed by atoms with E-state index in [1.54, 1.807) is 0 Å². The van der Waals surface area contributed by atoms with E-state index in [2.05, 4.69) is 78.0 Å². The molecular weight excluding hydrogens is 240 g/mol. The lowest BCUT2D eigenvalue weighted by Gasteiger charge is -2.30. The van der Waals surface area contributed by atoms with E-state index in [9.17, 15) is 0 Å². The molecule has 0 amide bonds. The van der Waals surface area contributed by atoms with Crippen molar-refractivity contribution in [1.82, 2.24) is 0 Å². The minimum atomic E-state index is 0.281. The largest absolute Gasteiger partial charge is 0.0802 e. The molecule has 0 saturated carbocycles. The van der Waals surface area contributed by atoms with Crippen LogP contribution in [-0.4, -0.2) is 0 Å². The number of rotatable bonds is 1. The van der Waals surface area contributed by atoms with Crippen molar-refractivity contribution in [3.8, 4) is 0 Å². The average molecular weight is 270 g/mol. The Bertz CT molecular complexity index is 423. The Balaban J connectivity index is 1.99. The first-order valence-electron chi connectivity index (χ1n) is 7.95. The van der Waals surface area contributed by atoms with E-state index < -0.39 is 0 Å². The quantitative estimate of drug-likeness (QED) is 0.541. The van der Waals surface area contributed by atoms with Crippen LogP contribution in [0, 0.1) is 22.7 Å². The van der Waals surface area contributed by atoms with Crippen molar-refractivity contribution in [3.05, 3.63) is 47.6 Å². The van der Waals surface area contributed by atoms with E-state index in [0.29, 0.717) is 11.8 Å². The summed E-state index contributed by atoms with van der Waals surface area (Å²) in [6.45, 7) is 13.8. The van der Waals surface area contributed by atoms with Gasteiger partial charge in [-0.25, -0.2) is 0 Å². The van der Waals surface area contributed by atoms with Crippen LogP contribution in [0.25, 0.3) is 0 Å². The Kier molecular flexibility index (Phi) is 4.14. The normalized spacial score (nSPS) is 27.3. The predicted molar refractivity (Wildman–Crippen MR) is 89.6 cm³/mol. The topological polar surface area (TPSA) is 0 Å². The fourth-order valence-corrected chi connectivity index (χ4v) is 3.02. The molecule has 2 aliphatic carbocycles. The molecular formula is C20H30. The van der Waals surface area contributed by atoms with E-state index in [0.717, 1.165) is 0 Å². The van der Waals surface area contributed by atoms with Gasteiger partial charge in [0.05, 0.1) is 0 Å². The first kappa shape index (κ1) is 15.4. The molecule has 0 aliphatic heterocycles. The Morgan fingerprint density at radius 3 is 1.25 bits per heavy atom. The second-order valence-electron chi connectivity index (χ2n) is 8.34. The molecule has 2 atom stereocenters. The Hall–Kier alpha value is -1.04. The summed E-state index contributed by atoms with van der Waals surface area (Å²) < 4.78 is 0. The average Bonchev–Trinajstić information content (AvgIpc) is 2.37. The lowest BCUT2D eigenvalue weighted by atomic mass is 9.74. The molecule has 2 unspecified atom stereocenters. The highest BCUT2D eigenvalue weighted by Gasteiger charge is 2.24. The van der Waals surface area contributed by atoms with E-state index in [1.807, 2.05) is 0 Å². The van der Waals surface area contributed by atoms with Crippen LogP contribution in [0.3, 0.4) is 0 Å². The van der Waals surface area contributed by atoms with E-state index in [-0.39, 0.29) is 10.8 Å². The standard InChI is InChI=1S/C20H30/c1-19(2,3)17-11-7-15(8-12-17)16-9-13-18(14-10-16)20(4,5)6/h7,9,11-16H,8,10H2,1-6H3. The van der Waals surface area contributed by atoms with Gasteiger partial charge in [0.25, 0.3) is 0 Å². The van der Waals surface area contributed by atoms with Gasteiger partial charge >= 0.3 is 0 Å². The van der Waals surface area contributed by atoms with Crippen molar-refractivity contribution >= 4 is 0 Å². The smallest absolute Gasteiger partial charge is 0.0129 e. The van der Waals surface area contributed by atoms with Gasteiger partial charge in [-0.05, 0) is 46.7 Å². The van der Waals surface area contributed by atoms with Crippen LogP contribution >= 0.6 is 0 Å². The molecule has 0 heterocycles. The molecule has 2 aliphatic rings. The predicted octanol–water partition coefficient (Wildman–Crippen LogP) is 6.08. The summed E-state index contributed by atoms with van der Waals surface area (Å²) in [5, 5.41) is 0. The molecule has 0 aromatic carbocycles. The maximum atomic E-state index is 2.45. The van der Waals surface area contributed by atoms with Crippen LogP contribution in [0.4, 0.5) is 0 Å². The Morgan fingerprint density at radius 2 is 1.05 bits per heavy atom. The van der Waals surface area contributed by atoms with Crippen LogP contribution in [-0.2, 0) is 0 Å². The molecule has 0 saturated heterocycles. The van der Waals surface area contributed by atoms with Crippen LogP contribution in [0.1, 0.15) is 54.4 Å². The zero-order valence-corrected chi connectivity index (χ0v) is 14.0. The number of allylic oxidation sites excluding steroid dienone is 8. The van der Waals surface area contributed by atoms with E-state index in [4.69, 9.17) is 0 Å². The SMILES string of the molecule is CC(C)(C)C1=CCC(C2C=CC(C(C)(C)C)=CC2)C=C1. The van der Waals surface area contributed by atoms with Crippen LogP contribution in [0.2, 0.25) is 0 Å². The highest BCUT2D eigenvalue weighted by molar-refractivity contribution is 5.32. The summed E-state index contributed by atoms with van der Waals surface area (Å²) in [6, 6.07) is 0. The third-order valence-corrected chi connectivity index (χ3v) is 4.55. The second-order valence-corrected chi connectivity index (χ2v) is 8.34. The fourth-order valence-electron chi connectivity index (χ4n) is 3.02. The summed E-state index contributed by atoms with van der Waals surface area (Å²) in [5.74, 6) is 1.35. The lowest BCUT2D eigenvalue weighted by molar-refractivity contribution is 0.445. The maximum absolute atomic E-state index is 2.45. The van der Waals surface area contributed by atoms with Crippen molar-refractivity contribution in [2.45, 2.75) is 54.4 Å². The molecule has 0 aromatic rings. The van der Waals surface area contributed by atoms with Crippen molar-refractivity contribution < 1.29 is 0 Å². The molecule has 20 heavy (non-hydrogen) atoms. The van der Waals surface area contributed by atoms with Gasteiger partial charge in [-0.3, -0.25) is 0 Å². The monoisotopic (exact) mass is 270 g/mol. The van der Waals surface area contributed by atoms with Gasteiger partial charge in [0.2, 0.25) is 0 Å². The third-order valence-electron chi connectivity index (χ3n) is 4.55. The number of hydrogen-bond acceptors (Lipinski definition) is 0. The summed E-state index contributed by atoms with van der Waals surface area (Å²) in [6.07, 6.45) is 16.9. The summed E-state index contributed by atoms with van der Waals surface area (Å²) in [5.41, 5.74) is 3.53. The molecule has 0 nitrogen and oxygen atoms in total. The van der Waals surface area contributed by atoms with Gasteiger partial charge in [0.1, 0.15) is 0 Å². The zero-order chi connectivity index (χ0) is 15.0. The summed E-state index contributed by atoms with van der Waals surface area (Å²) >= 11 is 0. The Labute approximate surface area is 125 Å². The molecule has 0 aromatic heterocycles. The first-order valence-corrected chi connectivity index (χ1v) is 7.95. The maximum Gasteiger partial charge on any atom is -0.0129 e. The molecule has 2 rings (SSSR count). The molecule has 0 bridgehead atoms. The van der Waals surface area contributed by atoms with E-state index in [1.165, 1.54) is 24.0 Å². The van der Waals surface area contributed by atoms with Crippen molar-refractivity contribution in [3.63, 3.8) is 0 Å². The van der Waals surface area contributed by atoms with Crippen LogP contribution < -0.4 is 0 Å². The summed E-state index contributed by atoms with van der Waals surface area (Å²) in [4.78, 5) is 0. The van der Waals surface area contributed by atoms with Gasteiger partial charge < -0.3 is 0 Å². The van der Waals surface area contributed by atoms with Crippen LogP contribution in [0.15, 0.2) is 47.6 Å². The molecule has 0 fully saturated rings. The number of hydrogen-bond donors (Lipinski definition) is 0. The third kappa shape index (κ3) is 3.53. The van der Waals surface area contributed by atoms with E-state index >= 15 is 0 Å². The molecule has 110 valence electrons. The van der Waals surface area contributed by atoms with Gasteiger partial charge in [0.15, 0.2) is 0 Å². The van der Waals surface area contributed by atoms with Crippen molar-refractivity contribution in [2.24, 2.45) is 22.7 Å². The molecule has 0 radical (unpaired) electrons. The molecule has 0 N–H and O–H groups in total. The minimum absolute atomic E-state index is 0.281. The second kappa shape index (κ2) is 5.39. The molecule has 0 spiro atoms. The molecule has 0 heteroatoms.